The first-order valence-electron chi connectivity index (χ1n) is 7.91. The molecule has 2 aliphatic rings. The molecule has 0 spiro atoms. The fourth-order valence-electron chi connectivity index (χ4n) is 3.17. The maximum Gasteiger partial charge on any atom is 0.323 e. The van der Waals surface area contributed by atoms with E-state index >= 15 is 0 Å². The molecule has 1 unspecified atom stereocenters. The van der Waals surface area contributed by atoms with Crippen LogP contribution in [-0.2, 0) is 4.74 Å². The van der Waals surface area contributed by atoms with E-state index in [9.17, 15) is 4.79 Å². The molecule has 3 heterocycles. The van der Waals surface area contributed by atoms with Crippen molar-refractivity contribution in [3.8, 4) is 5.69 Å². The molecule has 2 fully saturated rings. The number of para-hydroxylation sites is 1. The molecule has 0 aliphatic carbocycles. The Morgan fingerprint density at radius 2 is 2.04 bits per heavy atom. The van der Waals surface area contributed by atoms with Gasteiger partial charge < -0.3 is 9.64 Å². The van der Waals surface area contributed by atoms with Crippen molar-refractivity contribution in [2.45, 2.75) is 6.42 Å². The van der Waals surface area contributed by atoms with Gasteiger partial charge in [-0.25, -0.2) is 4.79 Å². The summed E-state index contributed by atoms with van der Waals surface area (Å²) in [4.78, 5) is 14.2. The highest BCUT2D eigenvalue weighted by atomic mass is 16.5. The van der Waals surface area contributed by atoms with Crippen LogP contribution in [0.15, 0.2) is 36.5 Å². The van der Waals surface area contributed by atoms with E-state index in [-0.39, 0.29) is 6.03 Å². The number of nitrogens with one attached hydrogen (secondary N) is 1. The number of hydrogen-bond donors (Lipinski definition) is 1. The van der Waals surface area contributed by atoms with Crippen molar-refractivity contribution < 1.29 is 9.53 Å². The monoisotopic (exact) mass is 313 g/mol. The Morgan fingerprint density at radius 3 is 2.78 bits per heavy atom. The number of rotatable bonds is 3. The first kappa shape index (κ1) is 14.2. The zero-order valence-electron chi connectivity index (χ0n) is 12.8. The third-order valence-electron chi connectivity index (χ3n) is 4.61. The highest BCUT2D eigenvalue weighted by molar-refractivity contribution is 5.89. The van der Waals surface area contributed by atoms with Gasteiger partial charge in [0.1, 0.15) is 0 Å². The minimum Gasteiger partial charge on any atom is -0.381 e. The topological polar surface area (TPSA) is 72.3 Å². The fraction of sp³-hybridized carbons (Fsp3) is 0.438. The van der Waals surface area contributed by atoms with E-state index in [0.29, 0.717) is 17.7 Å². The van der Waals surface area contributed by atoms with Crippen LogP contribution in [0.25, 0.3) is 5.69 Å². The summed E-state index contributed by atoms with van der Waals surface area (Å²) in [5, 5.41) is 10.8. The van der Waals surface area contributed by atoms with Crippen molar-refractivity contribution in [3.05, 3.63) is 36.5 Å². The van der Waals surface area contributed by atoms with Gasteiger partial charge in [0, 0.05) is 26.3 Å². The van der Waals surface area contributed by atoms with Gasteiger partial charge in [-0.05, 0) is 30.4 Å². The Balaban J connectivity index is 1.38. The first-order valence-corrected chi connectivity index (χ1v) is 7.91. The van der Waals surface area contributed by atoms with Crippen LogP contribution in [0.4, 0.5) is 10.6 Å². The molecule has 2 aromatic rings. The van der Waals surface area contributed by atoms with Gasteiger partial charge >= 0.3 is 6.03 Å². The predicted molar refractivity (Wildman–Crippen MR) is 84.4 cm³/mol. The Morgan fingerprint density at radius 1 is 1.22 bits per heavy atom. The van der Waals surface area contributed by atoms with E-state index in [0.717, 1.165) is 38.4 Å². The predicted octanol–water partition coefficient (Wildman–Crippen LogP) is 1.77. The highest BCUT2D eigenvalue weighted by Crippen LogP contribution is 2.30. The molecule has 7 heteroatoms. The van der Waals surface area contributed by atoms with Crippen LogP contribution >= 0.6 is 0 Å². The number of aromatic nitrogens is 3. The quantitative estimate of drug-likeness (QED) is 0.937. The van der Waals surface area contributed by atoms with Crippen LogP contribution in [0.2, 0.25) is 0 Å². The third-order valence-corrected chi connectivity index (χ3v) is 4.61. The number of benzene rings is 1. The van der Waals surface area contributed by atoms with Gasteiger partial charge in [-0.15, -0.1) is 5.10 Å². The minimum absolute atomic E-state index is 0.0975. The van der Waals surface area contributed by atoms with Crippen molar-refractivity contribution >= 4 is 11.8 Å². The van der Waals surface area contributed by atoms with Crippen LogP contribution in [0, 0.1) is 11.8 Å². The van der Waals surface area contributed by atoms with E-state index in [1.807, 2.05) is 35.2 Å². The van der Waals surface area contributed by atoms with Crippen LogP contribution in [0.3, 0.4) is 0 Å². The van der Waals surface area contributed by atoms with Crippen molar-refractivity contribution in [2.24, 2.45) is 11.8 Å². The number of nitrogens with zero attached hydrogens (tertiary/aromatic N) is 4. The van der Waals surface area contributed by atoms with Crippen LogP contribution in [-0.4, -0.2) is 52.2 Å². The Bertz CT molecular complexity index is 675. The molecular formula is C16H19N5O2. The van der Waals surface area contributed by atoms with Crippen LogP contribution in [0.1, 0.15) is 6.42 Å². The molecule has 2 amide bonds. The largest absolute Gasteiger partial charge is 0.381 e. The Hall–Kier alpha value is -2.41. The molecule has 23 heavy (non-hydrogen) atoms. The second-order valence-electron chi connectivity index (χ2n) is 6.09. The minimum atomic E-state index is -0.0975. The van der Waals surface area contributed by atoms with Gasteiger partial charge in [0.25, 0.3) is 0 Å². The van der Waals surface area contributed by atoms with Crippen molar-refractivity contribution in [2.75, 3.05) is 31.6 Å². The molecule has 0 radical (unpaired) electrons. The molecule has 120 valence electrons. The lowest BCUT2D eigenvalue weighted by Gasteiger charge is -2.41. The van der Waals surface area contributed by atoms with Gasteiger partial charge in [-0.1, -0.05) is 23.4 Å². The molecular weight excluding hydrogens is 294 g/mol. The number of likely N-dealkylation sites (tertiary alicyclic amines) is 1. The number of hydrogen-bond acceptors (Lipinski definition) is 4. The van der Waals surface area contributed by atoms with Gasteiger partial charge in [-0.2, -0.15) is 4.68 Å². The summed E-state index contributed by atoms with van der Waals surface area (Å²) in [5.41, 5.74) is 0.866. The molecule has 4 rings (SSSR count). The molecule has 0 bridgehead atoms. The van der Waals surface area contributed by atoms with Crippen LogP contribution in [0.5, 0.6) is 0 Å². The van der Waals surface area contributed by atoms with Gasteiger partial charge in [0.05, 0.1) is 11.9 Å². The van der Waals surface area contributed by atoms with Crippen molar-refractivity contribution in [3.63, 3.8) is 0 Å². The molecule has 0 saturated carbocycles. The smallest absolute Gasteiger partial charge is 0.323 e. The zero-order valence-corrected chi connectivity index (χ0v) is 12.8. The lowest BCUT2D eigenvalue weighted by atomic mass is 9.85. The van der Waals surface area contributed by atoms with Gasteiger partial charge in [-0.3, -0.25) is 5.32 Å². The molecule has 2 saturated heterocycles. The summed E-state index contributed by atoms with van der Waals surface area (Å²) in [6.07, 6.45) is 2.68. The summed E-state index contributed by atoms with van der Waals surface area (Å²) in [5.74, 6) is 1.75. The second kappa shape index (κ2) is 6.00. The maximum atomic E-state index is 12.4. The summed E-state index contributed by atoms with van der Waals surface area (Å²) >= 11 is 0. The van der Waals surface area contributed by atoms with Gasteiger partial charge in [0.2, 0.25) is 0 Å². The fourth-order valence-corrected chi connectivity index (χ4v) is 3.17. The molecule has 1 aromatic carbocycles. The molecule has 1 atom stereocenters. The number of carbonyl (C=O) groups excluding carboxylic acids is 1. The lowest BCUT2D eigenvalue weighted by Crippen LogP contribution is -2.54. The van der Waals surface area contributed by atoms with E-state index < -0.39 is 0 Å². The molecule has 1 N–H and O–H groups in total. The zero-order chi connectivity index (χ0) is 15.6. The molecule has 2 aliphatic heterocycles. The third kappa shape index (κ3) is 2.79. The lowest BCUT2D eigenvalue weighted by molar-refractivity contribution is 0.0805. The summed E-state index contributed by atoms with van der Waals surface area (Å²) in [6, 6.07) is 9.53. The van der Waals surface area contributed by atoms with Crippen molar-refractivity contribution in [1.29, 1.82) is 0 Å². The number of ether oxygens (including phenoxy) is 1. The summed E-state index contributed by atoms with van der Waals surface area (Å²) < 4.78 is 7.05. The Kier molecular flexibility index (Phi) is 3.70. The average Bonchev–Trinajstić information content (AvgIpc) is 3.18. The standard InChI is InChI=1S/C16H19N5O2/c22-16(20-9-13(10-20)12-6-7-23-11-12)18-15-8-17-19-21(15)14-4-2-1-3-5-14/h1-5,8,12-13H,6-7,9-11H2,(H,18,22). The molecule has 1 aromatic heterocycles. The highest BCUT2D eigenvalue weighted by Gasteiger charge is 2.37. The normalized spacial score (nSPS) is 21.2. The van der Waals surface area contributed by atoms with Gasteiger partial charge in [0.15, 0.2) is 5.82 Å². The maximum absolute atomic E-state index is 12.4. The number of urea groups is 1. The number of anilines is 1. The summed E-state index contributed by atoms with van der Waals surface area (Å²) in [7, 11) is 0. The SMILES string of the molecule is O=C(Nc1cnnn1-c1ccccc1)N1CC(C2CCOC2)C1. The first-order chi connectivity index (χ1) is 11.3. The summed E-state index contributed by atoms with van der Waals surface area (Å²) in [6.45, 7) is 3.29. The van der Waals surface area contributed by atoms with E-state index in [1.54, 1.807) is 10.9 Å². The second-order valence-corrected chi connectivity index (χ2v) is 6.09. The number of carbonyl (C=O) groups is 1. The van der Waals surface area contributed by atoms with Crippen LogP contribution < -0.4 is 5.32 Å². The number of amides is 2. The molecule has 7 nitrogen and oxygen atoms in total. The average molecular weight is 313 g/mol. The Labute approximate surface area is 134 Å². The van der Waals surface area contributed by atoms with Crippen molar-refractivity contribution in [1.82, 2.24) is 19.9 Å². The van der Waals surface area contributed by atoms with E-state index in [1.165, 1.54) is 0 Å². The van der Waals surface area contributed by atoms with E-state index in [2.05, 4.69) is 15.6 Å². The van der Waals surface area contributed by atoms with E-state index in [4.69, 9.17) is 4.74 Å².